The van der Waals surface area contributed by atoms with Crippen LogP contribution in [0.1, 0.15) is 12.8 Å². The molecule has 0 radical (unpaired) electrons. The zero-order valence-corrected chi connectivity index (χ0v) is 11.8. The maximum atomic E-state index is 5.80. The Kier molecular flexibility index (Phi) is 5.93. The Morgan fingerprint density at radius 1 is 0.900 bits per heavy atom. The van der Waals surface area contributed by atoms with Crippen LogP contribution >= 0.6 is 0 Å². The van der Waals surface area contributed by atoms with Crippen LogP contribution in [-0.4, -0.2) is 20.3 Å². The Labute approximate surface area is 120 Å². The van der Waals surface area contributed by atoms with Gasteiger partial charge in [-0.25, -0.2) is 0 Å². The molecule has 0 aliphatic rings. The average Bonchev–Trinajstić information content (AvgIpc) is 2.48. The van der Waals surface area contributed by atoms with Gasteiger partial charge in [-0.1, -0.05) is 24.3 Å². The first-order chi connectivity index (χ1) is 9.88. The van der Waals surface area contributed by atoms with Crippen molar-refractivity contribution in [1.29, 1.82) is 0 Å². The van der Waals surface area contributed by atoms with E-state index in [1.807, 2.05) is 54.6 Å². The van der Waals surface area contributed by atoms with Crippen LogP contribution in [0.2, 0.25) is 0 Å². The molecule has 0 amide bonds. The van der Waals surface area contributed by atoms with Gasteiger partial charge in [0.2, 0.25) is 0 Å². The molecule has 0 aliphatic heterocycles. The number of hydrogen-bond acceptors (Lipinski definition) is 3. The van der Waals surface area contributed by atoms with Gasteiger partial charge in [0, 0.05) is 32.0 Å². The highest BCUT2D eigenvalue weighted by Crippen LogP contribution is 2.23. The first-order valence-electron chi connectivity index (χ1n) is 6.94. The molecule has 1 N–H and O–H groups in total. The molecule has 0 saturated carbocycles. The number of rotatable bonds is 8. The highest BCUT2D eigenvalue weighted by molar-refractivity contribution is 5.49. The fourth-order valence-corrected chi connectivity index (χ4v) is 1.90. The molecule has 0 aromatic heterocycles. The van der Waals surface area contributed by atoms with Gasteiger partial charge in [-0.05, 0) is 37.1 Å². The normalized spacial score (nSPS) is 10.2. The number of benzene rings is 2. The maximum Gasteiger partial charge on any atom is 0.129 e. The number of unbranched alkanes of at least 4 members (excludes halogenated alkanes) is 1. The van der Waals surface area contributed by atoms with Crippen molar-refractivity contribution in [3.8, 4) is 11.5 Å². The number of nitrogens with one attached hydrogen (secondary N) is 1. The zero-order chi connectivity index (χ0) is 14.0. The second-order valence-corrected chi connectivity index (χ2v) is 4.57. The Bertz CT molecular complexity index is 499. The number of para-hydroxylation sites is 1. The van der Waals surface area contributed by atoms with E-state index in [-0.39, 0.29) is 0 Å². The van der Waals surface area contributed by atoms with Gasteiger partial charge >= 0.3 is 0 Å². The van der Waals surface area contributed by atoms with Gasteiger partial charge in [0.15, 0.2) is 0 Å². The van der Waals surface area contributed by atoms with E-state index in [9.17, 15) is 0 Å². The minimum Gasteiger partial charge on any atom is -0.457 e. The van der Waals surface area contributed by atoms with Crippen LogP contribution in [0.4, 0.5) is 5.69 Å². The SMILES string of the molecule is COCCCCNc1cccc(Oc2ccccc2)c1. The third-order valence-electron chi connectivity index (χ3n) is 2.92. The van der Waals surface area contributed by atoms with Crippen molar-refractivity contribution < 1.29 is 9.47 Å². The topological polar surface area (TPSA) is 30.5 Å². The predicted molar refractivity (Wildman–Crippen MR) is 82.6 cm³/mol. The number of ether oxygens (including phenoxy) is 2. The molecule has 106 valence electrons. The minimum atomic E-state index is 0.818. The molecular formula is C17H21NO2. The Balaban J connectivity index is 1.84. The van der Waals surface area contributed by atoms with E-state index in [1.54, 1.807) is 7.11 Å². The lowest BCUT2D eigenvalue weighted by atomic mass is 10.2. The first kappa shape index (κ1) is 14.4. The van der Waals surface area contributed by atoms with E-state index in [0.29, 0.717) is 0 Å². The minimum absolute atomic E-state index is 0.818. The van der Waals surface area contributed by atoms with Gasteiger partial charge in [0.1, 0.15) is 11.5 Å². The van der Waals surface area contributed by atoms with E-state index in [2.05, 4.69) is 5.32 Å². The lowest BCUT2D eigenvalue weighted by Crippen LogP contribution is -2.02. The summed E-state index contributed by atoms with van der Waals surface area (Å²) in [7, 11) is 1.73. The number of methoxy groups -OCH3 is 1. The van der Waals surface area contributed by atoms with Crippen LogP contribution in [0.25, 0.3) is 0 Å². The average molecular weight is 271 g/mol. The summed E-state index contributed by atoms with van der Waals surface area (Å²) in [5, 5.41) is 3.39. The second-order valence-electron chi connectivity index (χ2n) is 4.57. The molecule has 0 unspecified atom stereocenters. The molecule has 0 saturated heterocycles. The molecule has 2 rings (SSSR count). The molecule has 0 atom stereocenters. The van der Waals surface area contributed by atoms with Gasteiger partial charge in [-0.2, -0.15) is 0 Å². The third-order valence-corrected chi connectivity index (χ3v) is 2.92. The van der Waals surface area contributed by atoms with E-state index >= 15 is 0 Å². The molecule has 0 fully saturated rings. The third kappa shape index (κ3) is 4.94. The van der Waals surface area contributed by atoms with Crippen LogP contribution in [0.3, 0.4) is 0 Å². The molecule has 2 aromatic carbocycles. The van der Waals surface area contributed by atoms with Gasteiger partial charge in [0.05, 0.1) is 0 Å². The van der Waals surface area contributed by atoms with Crippen LogP contribution in [0.5, 0.6) is 11.5 Å². The molecule has 0 heterocycles. The fourth-order valence-electron chi connectivity index (χ4n) is 1.90. The van der Waals surface area contributed by atoms with Gasteiger partial charge in [-0.3, -0.25) is 0 Å². The molecule has 20 heavy (non-hydrogen) atoms. The van der Waals surface area contributed by atoms with Crippen LogP contribution in [0.15, 0.2) is 54.6 Å². The molecule has 0 spiro atoms. The van der Waals surface area contributed by atoms with E-state index < -0.39 is 0 Å². The monoisotopic (exact) mass is 271 g/mol. The summed E-state index contributed by atoms with van der Waals surface area (Å²) in [5.41, 5.74) is 1.08. The summed E-state index contributed by atoms with van der Waals surface area (Å²) in [5.74, 6) is 1.70. The molecule has 2 aromatic rings. The van der Waals surface area contributed by atoms with Gasteiger partial charge in [0.25, 0.3) is 0 Å². The predicted octanol–water partition coefficient (Wildman–Crippen LogP) is 4.32. The summed E-state index contributed by atoms with van der Waals surface area (Å²) in [4.78, 5) is 0. The Morgan fingerprint density at radius 3 is 2.50 bits per heavy atom. The van der Waals surface area contributed by atoms with Crippen LogP contribution < -0.4 is 10.1 Å². The summed E-state index contributed by atoms with van der Waals surface area (Å²) < 4.78 is 10.8. The summed E-state index contributed by atoms with van der Waals surface area (Å²) >= 11 is 0. The van der Waals surface area contributed by atoms with Crippen molar-refractivity contribution in [1.82, 2.24) is 0 Å². The quantitative estimate of drug-likeness (QED) is 0.725. The first-order valence-corrected chi connectivity index (χ1v) is 6.94. The lowest BCUT2D eigenvalue weighted by molar-refractivity contribution is 0.194. The Morgan fingerprint density at radius 2 is 1.70 bits per heavy atom. The van der Waals surface area contributed by atoms with Crippen molar-refractivity contribution in [2.45, 2.75) is 12.8 Å². The standard InChI is InChI=1S/C17H21NO2/c1-19-13-6-5-12-18-15-8-7-11-17(14-15)20-16-9-3-2-4-10-16/h2-4,7-11,14,18H,5-6,12-13H2,1H3. The Hall–Kier alpha value is -2.00. The van der Waals surface area contributed by atoms with Crippen molar-refractivity contribution in [3.05, 3.63) is 54.6 Å². The molecule has 0 aliphatic carbocycles. The fraction of sp³-hybridized carbons (Fsp3) is 0.294. The van der Waals surface area contributed by atoms with Crippen LogP contribution in [-0.2, 0) is 4.74 Å². The van der Waals surface area contributed by atoms with Crippen molar-refractivity contribution >= 4 is 5.69 Å². The van der Waals surface area contributed by atoms with Gasteiger partial charge < -0.3 is 14.8 Å². The molecule has 3 heteroatoms. The van der Waals surface area contributed by atoms with Crippen LogP contribution in [0, 0.1) is 0 Å². The smallest absolute Gasteiger partial charge is 0.129 e. The van der Waals surface area contributed by atoms with E-state index in [1.165, 1.54) is 0 Å². The largest absolute Gasteiger partial charge is 0.457 e. The molecular weight excluding hydrogens is 250 g/mol. The van der Waals surface area contributed by atoms with E-state index in [4.69, 9.17) is 9.47 Å². The zero-order valence-electron chi connectivity index (χ0n) is 11.8. The molecule has 0 bridgehead atoms. The maximum absolute atomic E-state index is 5.80. The summed E-state index contributed by atoms with van der Waals surface area (Å²) in [6.07, 6.45) is 2.17. The lowest BCUT2D eigenvalue weighted by Gasteiger charge is -2.09. The van der Waals surface area contributed by atoms with E-state index in [0.717, 1.165) is 43.2 Å². The number of anilines is 1. The van der Waals surface area contributed by atoms with Crippen molar-refractivity contribution in [2.75, 3.05) is 25.6 Å². The van der Waals surface area contributed by atoms with Crippen molar-refractivity contribution in [3.63, 3.8) is 0 Å². The molecule has 3 nitrogen and oxygen atoms in total. The highest BCUT2D eigenvalue weighted by Gasteiger charge is 1.98. The van der Waals surface area contributed by atoms with Crippen molar-refractivity contribution in [2.24, 2.45) is 0 Å². The summed E-state index contributed by atoms with van der Waals surface area (Å²) in [6.45, 7) is 1.76. The number of hydrogen-bond donors (Lipinski definition) is 1. The second kappa shape index (κ2) is 8.23. The summed E-state index contributed by atoms with van der Waals surface area (Å²) in [6, 6.07) is 17.8. The van der Waals surface area contributed by atoms with Gasteiger partial charge in [-0.15, -0.1) is 0 Å². The highest BCUT2D eigenvalue weighted by atomic mass is 16.5.